The van der Waals surface area contributed by atoms with Gasteiger partial charge in [0, 0.05) is 35.3 Å². The van der Waals surface area contributed by atoms with E-state index in [9.17, 15) is 5.11 Å². The van der Waals surface area contributed by atoms with E-state index in [4.69, 9.17) is 10.5 Å². The minimum atomic E-state index is -0.680. The molecule has 1 aliphatic heterocycles. The maximum Gasteiger partial charge on any atom is 0.152 e. The Balaban J connectivity index is 1.61. The summed E-state index contributed by atoms with van der Waals surface area (Å²) < 4.78 is 9.42. The first kappa shape index (κ1) is 18.1. The van der Waals surface area contributed by atoms with Gasteiger partial charge in [0.2, 0.25) is 0 Å². The van der Waals surface area contributed by atoms with Gasteiger partial charge in [-0.25, -0.2) is 14.3 Å². The molecule has 4 aromatic rings. The van der Waals surface area contributed by atoms with Crippen LogP contribution in [-0.4, -0.2) is 36.3 Å². The van der Waals surface area contributed by atoms with Crippen molar-refractivity contribution >= 4 is 27.6 Å². The van der Waals surface area contributed by atoms with Crippen molar-refractivity contribution in [2.45, 2.75) is 45.1 Å². The van der Waals surface area contributed by atoms with E-state index in [2.05, 4.69) is 21.2 Å². The van der Waals surface area contributed by atoms with Crippen LogP contribution in [0.2, 0.25) is 0 Å². The van der Waals surface area contributed by atoms with E-state index in [0.717, 1.165) is 53.4 Å². The second kappa shape index (κ2) is 7.13. The first-order chi connectivity index (χ1) is 14.2. The molecule has 4 heterocycles. The van der Waals surface area contributed by atoms with Gasteiger partial charge in [0.05, 0.1) is 11.2 Å². The summed E-state index contributed by atoms with van der Waals surface area (Å²) in [6.45, 7) is 2.67. The molecule has 150 valence electrons. The van der Waals surface area contributed by atoms with Crippen LogP contribution in [0.1, 0.15) is 45.1 Å². The molecule has 0 amide bonds. The Bertz CT molecular complexity index is 1170. The number of rotatable bonds is 4. The van der Waals surface area contributed by atoms with Gasteiger partial charge in [0.15, 0.2) is 12.0 Å². The summed E-state index contributed by atoms with van der Waals surface area (Å²) in [4.78, 5) is 4.57. The van der Waals surface area contributed by atoms with E-state index in [-0.39, 0.29) is 6.23 Å². The number of hydrogen-bond acceptors (Lipinski definition) is 6. The fourth-order valence-corrected chi connectivity index (χ4v) is 4.00. The first-order valence-electron chi connectivity index (χ1n) is 10.1. The van der Waals surface area contributed by atoms with Crippen LogP contribution in [0.3, 0.4) is 0 Å². The number of fused-ring (bicyclic) bond motifs is 3. The van der Waals surface area contributed by atoms with Crippen molar-refractivity contribution in [1.29, 1.82) is 0 Å². The van der Waals surface area contributed by atoms with E-state index in [1.54, 1.807) is 10.9 Å². The maximum atomic E-state index is 10.1. The Morgan fingerprint density at radius 1 is 1.28 bits per heavy atom. The number of benzene rings is 1. The molecule has 0 bridgehead atoms. The highest BCUT2D eigenvalue weighted by atomic mass is 16.5. The lowest BCUT2D eigenvalue weighted by Crippen LogP contribution is -2.19. The van der Waals surface area contributed by atoms with Gasteiger partial charge in [0.1, 0.15) is 11.7 Å². The van der Waals surface area contributed by atoms with Crippen molar-refractivity contribution in [3.05, 3.63) is 36.7 Å². The number of aliphatic hydroxyl groups is 1. The topological polar surface area (TPSA) is 104 Å². The molecule has 1 aromatic carbocycles. The third-order valence-electron chi connectivity index (χ3n) is 5.57. The van der Waals surface area contributed by atoms with Gasteiger partial charge in [-0.15, -0.1) is 0 Å². The van der Waals surface area contributed by atoms with Gasteiger partial charge in [0.25, 0.3) is 0 Å². The lowest BCUT2D eigenvalue weighted by molar-refractivity contribution is -0.0383. The number of aliphatic hydroxyl groups excluding tert-OH is 1. The monoisotopic (exact) mass is 392 g/mol. The predicted octanol–water partition coefficient (Wildman–Crippen LogP) is 3.63. The zero-order chi connectivity index (χ0) is 20.0. The number of pyridine rings is 1. The average molecular weight is 392 g/mol. The van der Waals surface area contributed by atoms with Crippen molar-refractivity contribution in [2.24, 2.45) is 0 Å². The quantitative estimate of drug-likeness (QED) is 0.550. The molecule has 1 aliphatic rings. The number of nitrogens with zero attached hydrogens (tertiary/aromatic N) is 5. The van der Waals surface area contributed by atoms with Gasteiger partial charge in [-0.1, -0.05) is 19.1 Å². The summed E-state index contributed by atoms with van der Waals surface area (Å²) in [5.74, 6) is 0.357. The normalized spacial score (nSPS) is 18.5. The van der Waals surface area contributed by atoms with E-state index < -0.39 is 6.23 Å². The van der Waals surface area contributed by atoms with Crippen LogP contribution in [0.15, 0.2) is 36.7 Å². The van der Waals surface area contributed by atoms with E-state index in [0.29, 0.717) is 17.8 Å². The molecule has 3 aromatic heterocycles. The van der Waals surface area contributed by atoms with Crippen LogP contribution in [-0.2, 0) is 4.74 Å². The largest absolute Gasteiger partial charge is 0.382 e. The van der Waals surface area contributed by atoms with Crippen LogP contribution in [0, 0.1) is 0 Å². The number of hydrogen-bond donors (Lipinski definition) is 2. The van der Waals surface area contributed by atoms with Crippen molar-refractivity contribution < 1.29 is 9.84 Å². The summed E-state index contributed by atoms with van der Waals surface area (Å²) in [7, 11) is 0. The molecule has 1 fully saturated rings. The summed E-state index contributed by atoms with van der Waals surface area (Å²) >= 11 is 0. The Labute approximate surface area is 167 Å². The molecule has 0 spiro atoms. The Morgan fingerprint density at radius 3 is 2.97 bits per heavy atom. The lowest BCUT2D eigenvalue weighted by atomic mass is 10.1. The number of nitrogens with two attached hydrogens (primary N) is 1. The molecule has 2 atom stereocenters. The zero-order valence-electron chi connectivity index (χ0n) is 16.3. The predicted molar refractivity (Wildman–Crippen MR) is 111 cm³/mol. The van der Waals surface area contributed by atoms with Crippen LogP contribution in [0.4, 0.5) is 5.82 Å². The molecule has 8 nitrogen and oxygen atoms in total. The number of aromatic nitrogens is 5. The molecule has 2 unspecified atom stereocenters. The third kappa shape index (κ3) is 3.04. The average Bonchev–Trinajstić information content (AvgIpc) is 3.41. The van der Waals surface area contributed by atoms with Crippen LogP contribution in [0.25, 0.3) is 33.1 Å². The lowest BCUT2D eigenvalue weighted by Gasteiger charge is -2.24. The fourth-order valence-electron chi connectivity index (χ4n) is 4.00. The highest BCUT2D eigenvalue weighted by Gasteiger charge is 2.20. The van der Waals surface area contributed by atoms with Gasteiger partial charge < -0.3 is 15.6 Å². The fraction of sp³-hybridized carbons (Fsp3) is 0.381. The molecule has 0 aliphatic carbocycles. The van der Waals surface area contributed by atoms with Crippen molar-refractivity contribution in [1.82, 2.24) is 24.5 Å². The summed E-state index contributed by atoms with van der Waals surface area (Å²) in [6, 6.07) is 8.11. The van der Waals surface area contributed by atoms with Crippen LogP contribution < -0.4 is 5.73 Å². The van der Waals surface area contributed by atoms with E-state index >= 15 is 0 Å². The summed E-state index contributed by atoms with van der Waals surface area (Å²) in [5.41, 5.74) is 9.59. The van der Waals surface area contributed by atoms with Gasteiger partial charge in [-0.2, -0.15) is 10.2 Å². The minimum absolute atomic E-state index is 0.0290. The Hall–Kier alpha value is -2.97. The highest BCUT2D eigenvalue weighted by Crippen LogP contribution is 2.33. The molecular weight excluding hydrogens is 368 g/mol. The Morgan fingerprint density at radius 2 is 2.17 bits per heavy atom. The van der Waals surface area contributed by atoms with Crippen molar-refractivity contribution in [2.75, 3.05) is 12.3 Å². The number of ether oxygens (including phenoxy) is 1. The molecular formula is C21H24N6O2. The summed E-state index contributed by atoms with van der Waals surface area (Å²) in [5, 5.41) is 20.9. The molecule has 0 saturated carbocycles. The van der Waals surface area contributed by atoms with E-state index in [1.165, 1.54) is 0 Å². The molecule has 29 heavy (non-hydrogen) atoms. The second-order valence-corrected chi connectivity index (χ2v) is 7.47. The first-order valence-corrected chi connectivity index (χ1v) is 10.1. The summed E-state index contributed by atoms with van der Waals surface area (Å²) in [6.07, 6.45) is 6.71. The van der Waals surface area contributed by atoms with Crippen LogP contribution >= 0.6 is 0 Å². The van der Waals surface area contributed by atoms with Crippen molar-refractivity contribution in [3.8, 4) is 11.3 Å². The molecule has 3 N–H and O–H groups in total. The van der Waals surface area contributed by atoms with Crippen LogP contribution in [0.5, 0.6) is 0 Å². The van der Waals surface area contributed by atoms with Gasteiger partial charge in [-0.3, -0.25) is 0 Å². The van der Waals surface area contributed by atoms with Crippen molar-refractivity contribution in [3.63, 3.8) is 0 Å². The molecule has 1 saturated heterocycles. The van der Waals surface area contributed by atoms with E-state index in [1.807, 2.05) is 36.0 Å². The van der Waals surface area contributed by atoms with Gasteiger partial charge in [-0.05, 0) is 37.8 Å². The molecule has 8 heteroatoms. The Kier molecular flexibility index (Phi) is 4.44. The minimum Gasteiger partial charge on any atom is -0.382 e. The van der Waals surface area contributed by atoms with Gasteiger partial charge >= 0.3 is 0 Å². The third-order valence-corrected chi connectivity index (χ3v) is 5.57. The molecule has 5 rings (SSSR count). The smallest absolute Gasteiger partial charge is 0.152 e. The molecule has 0 radical (unpaired) electrons. The number of nitrogen functional groups attached to an aromatic ring is 1. The SMILES string of the molecule is CCC(O)n1cc2c(n1)c(N)nc1cc(-c3ccnn3C3CCCCO3)ccc12. The highest BCUT2D eigenvalue weighted by molar-refractivity contribution is 6.08. The second-order valence-electron chi connectivity index (χ2n) is 7.47. The maximum absolute atomic E-state index is 10.1. The zero-order valence-corrected chi connectivity index (χ0v) is 16.3. The standard InChI is InChI=1S/C21H24N6O2/c1-2-18(28)26-12-15-14-7-6-13(11-16(14)24-21(22)20(15)25-26)17-8-9-23-27(17)19-5-3-4-10-29-19/h6-9,11-12,18-19,28H,2-5,10H2,1H3,(H2,22,24). The number of anilines is 1.